The van der Waals surface area contributed by atoms with Crippen LogP contribution in [0.3, 0.4) is 0 Å². The molecule has 0 rings (SSSR count). The van der Waals surface area contributed by atoms with Gasteiger partial charge in [0, 0.05) is 26.0 Å². The molecule has 0 aliphatic rings. The van der Waals surface area contributed by atoms with E-state index in [1.807, 2.05) is 6.08 Å². The Labute approximate surface area is 315 Å². The van der Waals surface area contributed by atoms with Gasteiger partial charge in [-0.05, 0) is 95.2 Å². The van der Waals surface area contributed by atoms with Gasteiger partial charge in [-0.1, -0.05) is 135 Å². The van der Waals surface area contributed by atoms with E-state index in [0.717, 1.165) is 90.3 Å². The van der Waals surface area contributed by atoms with Crippen LogP contribution in [0.5, 0.6) is 0 Å². The Balaban J connectivity index is 4.20. The number of esters is 2. The Morgan fingerprint density at radius 3 is 1.75 bits per heavy atom. The third kappa shape index (κ3) is 34.8. The maximum atomic E-state index is 12.3. The summed E-state index contributed by atoms with van der Waals surface area (Å²) in [4.78, 5) is 26.8. The van der Waals surface area contributed by atoms with Crippen molar-refractivity contribution in [1.29, 1.82) is 0 Å². The standard InChI is InChI=1S/C45H81NO5/c1-7-11-20-28-41(5)35-39-50-44(47)33-25-18-14-16-23-31-43(49-38-27-37-46(6)10-4)32-24-17-15-19-26-34-45(48)51-40-36-42(29-21-12-8-2)30-22-13-9-3/h29,41-43H,2,7,9-11,13-20,22-28,30-40H2,1,3-6H3. The van der Waals surface area contributed by atoms with Gasteiger partial charge in [-0.15, -0.1) is 0 Å². The van der Waals surface area contributed by atoms with Crippen molar-refractivity contribution in [3.63, 3.8) is 0 Å². The van der Waals surface area contributed by atoms with Crippen LogP contribution in [0.25, 0.3) is 0 Å². The van der Waals surface area contributed by atoms with Gasteiger partial charge in [0.1, 0.15) is 0 Å². The minimum atomic E-state index is -0.0758. The Kier molecular flexibility index (Phi) is 36.2. The Bertz CT molecular complexity index is 931. The third-order valence-corrected chi connectivity index (χ3v) is 9.98. The molecule has 0 N–H and O–H groups in total. The summed E-state index contributed by atoms with van der Waals surface area (Å²) in [6.07, 6.45) is 29.3. The maximum Gasteiger partial charge on any atom is 0.305 e. The number of hydrogen-bond donors (Lipinski definition) is 0. The third-order valence-electron chi connectivity index (χ3n) is 9.98. The van der Waals surface area contributed by atoms with Crippen molar-refractivity contribution in [2.75, 3.05) is 40.0 Å². The number of nitrogens with zero attached hydrogens (tertiary/aromatic N) is 1. The molecule has 0 aromatic heterocycles. The zero-order chi connectivity index (χ0) is 37.6. The highest BCUT2D eigenvalue weighted by atomic mass is 16.5. The summed E-state index contributed by atoms with van der Waals surface area (Å²) in [5, 5.41) is 0. The second-order valence-corrected chi connectivity index (χ2v) is 14.8. The lowest BCUT2D eigenvalue weighted by Gasteiger charge is -2.19. The predicted molar refractivity (Wildman–Crippen MR) is 215 cm³/mol. The number of carbonyl (C=O) groups excluding carboxylic acids is 2. The molecule has 0 aliphatic heterocycles. The molecule has 0 aliphatic carbocycles. The monoisotopic (exact) mass is 716 g/mol. The molecule has 0 aromatic rings. The van der Waals surface area contributed by atoms with Crippen molar-refractivity contribution in [3.05, 3.63) is 29.8 Å². The van der Waals surface area contributed by atoms with Crippen LogP contribution in [0, 0.1) is 11.8 Å². The Hall–Kier alpha value is -2.06. The number of rotatable bonds is 37. The minimum Gasteiger partial charge on any atom is -0.466 e. The van der Waals surface area contributed by atoms with Crippen LogP contribution in [0.15, 0.2) is 29.8 Å². The molecule has 0 aromatic carbocycles. The molecule has 3 atom stereocenters. The van der Waals surface area contributed by atoms with Crippen LogP contribution in [-0.2, 0) is 23.8 Å². The van der Waals surface area contributed by atoms with E-state index in [-0.39, 0.29) is 11.9 Å². The molecule has 0 radical (unpaired) electrons. The Morgan fingerprint density at radius 2 is 1.18 bits per heavy atom. The summed E-state index contributed by atoms with van der Waals surface area (Å²) in [5.74, 6) is 0.882. The molecule has 0 saturated heterocycles. The van der Waals surface area contributed by atoms with Gasteiger partial charge in [-0.2, -0.15) is 0 Å². The van der Waals surface area contributed by atoms with Crippen molar-refractivity contribution in [2.24, 2.45) is 11.8 Å². The fraction of sp³-hybridized carbons (Fsp3) is 0.844. The molecule has 3 unspecified atom stereocenters. The summed E-state index contributed by atoms with van der Waals surface area (Å²) in [6.45, 7) is 16.4. The summed E-state index contributed by atoms with van der Waals surface area (Å²) in [6, 6.07) is 0. The first-order valence-electron chi connectivity index (χ1n) is 21.3. The number of unbranched alkanes of at least 4 members (excludes halogenated alkanes) is 12. The molecule has 6 heteroatoms. The van der Waals surface area contributed by atoms with E-state index in [1.54, 1.807) is 0 Å². The van der Waals surface area contributed by atoms with E-state index in [2.05, 4.69) is 63.4 Å². The maximum absolute atomic E-state index is 12.3. The second kappa shape index (κ2) is 37.7. The molecular formula is C45H81NO5. The van der Waals surface area contributed by atoms with Gasteiger partial charge in [0.2, 0.25) is 0 Å². The molecule has 6 nitrogen and oxygen atoms in total. The van der Waals surface area contributed by atoms with Gasteiger partial charge >= 0.3 is 11.9 Å². The highest BCUT2D eigenvalue weighted by Gasteiger charge is 2.11. The molecule has 0 heterocycles. The topological polar surface area (TPSA) is 65.1 Å². The normalized spacial score (nSPS) is 12.8. The van der Waals surface area contributed by atoms with E-state index in [4.69, 9.17) is 14.2 Å². The van der Waals surface area contributed by atoms with Crippen LogP contribution in [0.2, 0.25) is 0 Å². The number of ether oxygens (including phenoxy) is 3. The average molecular weight is 716 g/mol. The highest BCUT2D eigenvalue weighted by Crippen LogP contribution is 2.19. The number of hydrogen-bond acceptors (Lipinski definition) is 6. The van der Waals surface area contributed by atoms with Crippen LogP contribution < -0.4 is 0 Å². The molecule has 296 valence electrons. The lowest BCUT2D eigenvalue weighted by atomic mass is 9.98. The van der Waals surface area contributed by atoms with Crippen molar-refractivity contribution < 1.29 is 23.8 Å². The smallest absolute Gasteiger partial charge is 0.305 e. The molecule has 51 heavy (non-hydrogen) atoms. The van der Waals surface area contributed by atoms with E-state index in [0.29, 0.717) is 44.0 Å². The lowest BCUT2D eigenvalue weighted by molar-refractivity contribution is -0.145. The van der Waals surface area contributed by atoms with Gasteiger partial charge in [0.25, 0.3) is 0 Å². The van der Waals surface area contributed by atoms with E-state index in [1.165, 1.54) is 77.0 Å². The van der Waals surface area contributed by atoms with Crippen LogP contribution in [0.4, 0.5) is 0 Å². The molecule has 0 fully saturated rings. The first-order valence-corrected chi connectivity index (χ1v) is 21.3. The summed E-state index contributed by atoms with van der Waals surface area (Å²) >= 11 is 0. The first-order chi connectivity index (χ1) is 24.9. The molecular weight excluding hydrogens is 634 g/mol. The van der Waals surface area contributed by atoms with Crippen LogP contribution in [0.1, 0.15) is 188 Å². The highest BCUT2D eigenvalue weighted by molar-refractivity contribution is 5.69. The zero-order valence-electron chi connectivity index (χ0n) is 34.2. The predicted octanol–water partition coefficient (Wildman–Crippen LogP) is 12.1. The molecule has 0 bridgehead atoms. The quantitative estimate of drug-likeness (QED) is 0.0362. The molecule has 0 spiro atoms. The van der Waals surface area contributed by atoms with E-state index >= 15 is 0 Å². The average Bonchev–Trinajstić information content (AvgIpc) is 3.12. The van der Waals surface area contributed by atoms with Gasteiger partial charge in [0.05, 0.1) is 19.3 Å². The van der Waals surface area contributed by atoms with Gasteiger partial charge in [0.15, 0.2) is 0 Å². The van der Waals surface area contributed by atoms with Crippen molar-refractivity contribution in [1.82, 2.24) is 4.90 Å². The summed E-state index contributed by atoms with van der Waals surface area (Å²) in [5.41, 5.74) is 8.39. The van der Waals surface area contributed by atoms with Crippen LogP contribution >= 0.6 is 0 Å². The summed E-state index contributed by atoms with van der Waals surface area (Å²) in [7, 11) is 2.16. The SMILES string of the molecule is C=C=C=C=CC(CCCCC)CCOC(=O)CCCCCCCC(CCCCCCCC(=O)OCCC(C)CCCCC)OCCCN(C)CC. The second-order valence-electron chi connectivity index (χ2n) is 14.8. The zero-order valence-corrected chi connectivity index (χ0v) is 34.2. The van der Waals surface area contributed by atoms with Gasteiger partial charge < -0.3 is 19.1 Å². The van der Waals surface area contributed by atoms with Crippen molar-refractivity contribution in [3.8, 4) is 0 Å². The lowest BCUT2D eigenvalue weighted by Crippen LogP contribution is -2.21. The first kappa shape index (κ1) is 48.9. The molecule has 0 saturated carbocycles. The van der Waals surface area contributed by atoms with Crippen molar-refractivity contribution >= 4 is 11.9 Å². The number of carbonyl (C=O) groups is 2. The largest absolute Gasteiger partial charge is 0.466 e. The fourth-order valence-corrected chi connectivity index (χ4v) is 6.30. The van der Waals surface area contributed by atoms with Gasteiger partial charge in [-0.25, -0.2) is 0 Å². The van der Waals surface area contributed by atoms with E-state index < -0.39 is 0 Å². The van der Waals surface area contributed by atoms with Gasteiger partial charge in [-0.3, -0.25) is 9.59 Å². The molecule has 0 amide bonds. The summed E-state index contributed by atoms with van der Waals surface area (Å²) < 4.78 is 17.4. The number of allylic oxidation sites excluding steroid dienone is 1. The van der Waals surface area contributed by atoms with Crippen LogP contribution in [-0.4, -0.2) is 62.9 Å². The van der Waals surface area contributed by atoms with Crippen molar-refractivity contribution in [2.45, 2.75) is 194 Å². The minimum absolute atomic E-state index is 0.0285. The van der Waals surface area contributed by atoms with E-state index in [9.17, 15) is 9.59 Å². The fourth-order valence-electron chi connectivity index (χ4n) is 6.30. The Morgan fingerprint density at radius 1 is 0.647 bits per heavy atom.